The molecule has 0 bridgehead atoms. The molecule has 0 aromatic carbocycles. The summed E-state index contributed by atoms with van der Waals surface area (Å²) >= 11 is 1.35. The predicted molar refractivity (Wildman–Crippen MR) is 82.2 cm³/mol. The number of piperidine rings is 1. The van der Waals surface area contributed by atoms with Crippen LogP contribution < -0.4 is 16.0 Å². The number of nitrogens with two attached hydrogens (primary N) is 1. The van der Waals surface area contributed by atoms with Crippen molar-refractivity contribution in [2.24, 2.45) is 11.8 Å². The van der Waals surface area contributed by atoms with Crippen molar-refractivity contribution in [3.8, 4) is 0 Å². The molecular weight excluding hydrogens is 272 g/mol. The van der Waals surface area contributed by atoms with Gasteiger partial charge in [0.1, 0.15) is 10.6 Å². The van der Waals surface area contributed by atoms with E-state index in [1.807, 2.05) is 0 Å². The zero-order chi connectivity index (χ0) is 14.3. The smallest absolute Gasteiger partial charge is 0.258 e. The van der Waals surface area contributed by atoms with Crippen LogP contribution >= 0.6 is 11.5 Å². The number of carbonyl (C=O) groups is 1. The second kappa shape index (κ2) is 5.24. The lowest BCUT2D eigenvalue weighted by Gasteiger charge is -2.35. The Kier molecular flexibility index (Phi) is 3.58. The lowest BCUT2D eigenvalue weighted by molar-refractivity contribution is 0.0952. The standard InChI is InChI=1S/C14H22N4OS/c1-8-5-9(2)7-18(6-8)14-11(12(15)17-20-14)13(19)16-10-3-4-10/h8-10H,3-7H2,1-2H3,(H2,15,17)(H,16,19). The summed E-state index contributed by atoms with van der Waals surface area (Å²) in [6.45, 7) is 6.49. The minimum atomic E-state index is -0.0559. The fraction of sp³-hybridized carbons (Fsp3) is 0.714. The minimum Gasteiger partial charge on any atom is -0.382 e. The van der Waals surface area contributed by atoms with Gasteiger partial charge in [0.05, 0.1) is 0 Å². The Morgan fingerprint density at radius 2 is 2.00 bits per heavy atom. The molecule has 1 saturated heterocycles. The van der Waals surface area contributed by atoms with Crippen molar-refractivity contribution in [1.82, 2.24) is 9.69 Å². The lowest BCUT2D eigenvalue weighted by atomic mass is 9.92. The van der Waals surface area contributed by atoms with Crippen molar-refractivity contribution in [3.05, 3.63) is 5.56 Å². The zero-order valence-corrected chi connectivity index (χ0v) is 12.9. The van der Waals surface area contributed by atoms with Crippen molar-refractivity contribution >= 4 is 28.3 Å². The van der Waals surface area contributed by atoms with E-state index in [2.05, 4.69) is 28.4 Å². The third-order valence-electron chi connectivity index (χ3n) is 4.00. The minimum absolute atomic E-state index is 0.0559. The number of rotatable bonds is 3. The van der Waals surface area contributed by atoms with E-state index in [0.29, 0.717) is 29.3 Å². The number of hydrogen-bond acceptors (Lipinski definition) is 5. The Labute approximate surface area is 123 Å². The first-order chi connectivity index (χ1) is 9.54. The monoisotopic (exact) mass is 294 g/mol. The summed E-state index contributed by atoms with van der Waals surface area (Å²) in [4.78, 5) is 14.6. The number of hydrogen-bond donors (Lipinski definition) is 2. The fourth-order valence-electron chi connectivity index (χ4n) is 3.04. The van der Waals surface area contributed by atoms with Gasteiger partial charge in [0, 0.05) is 19.1 Å². The highest BCUT2D eigenvalue weighted by Crippen LogP contribution is 2.35. The Morgan fingerprint density at radius 1 is 1.35 bits per heavy atom. The van der Waals surface area contributed by atoms with Crippen LogP contribution in [-0.4, -0.2) is 29.4 Å². The molecule has 2 heterocycles. The highest BCUT2D eigenvalue weighted by Gasteiger charge is 2.31. The molecule has 1 aromatic rings. The molecule has 2 atom stereocenters. The predicted octanol–water partition coefficient (Wildman–Crippen LogP) is 2.10. The van der Waals surface area contributed by atoms with Gasteiger partial charge in [-0.15, -0.1) is 0 Å². The summed E-state index contributed by atoms with van der Waals surface area (Å²) in [7, 11) is 0. The largest absolute Gasteiger partial charge is 0.382 e. The van der Waals surface area contributed by atoms with Crippen molar-refractivity contribution in [2.75, 3.05) is 23.7 Å². The molecule has 1 amide bonds. The van der Waals surface area contributed by atoms with Crippen molar-refractivity contribution in [3.63, 3.8) is 0 Å². The second-order valence-electron chi connectivity index (χ2n) is 6.35. The van der Waals surface area contributed by atoms with Crippen molar-refractivity contribution < 1.29 is 4.79 Å². The van der Waals surface area contributed by atoms with Crippen molar-refractivity contribution in [2.45, 2.75) is 39.2 Å². The Hall–Kier alpha value is -1.30. The molecule has 2 fully saturated rings. The van der Waals surface area contributed by atoms with Gasteiger partial charge in [-0.2, -0.15) is 4.37 Å². The molecule has 0 radical (unpaired) electrons. The Bertz CT molecular complexity index is 501. The normalized spacial score (nSPS) is 26.6. The van der Waals surface area contributed by atoms with Crippen LogP contribution in [0.1, 0.15) is 43.5 Å². The van der Waals surface area contributed by atoms with Gasteiger partial charge in [-0.25, -0.2) is 0 Å². The summed E-state index contributed by atoms with van der Waals surface area (Å²) in [6.07, 6.45) is 3.40. The van der Waals surface area contributed by atoms with Crippen LogP contribution in [0, 0.1) is 11.8 Å². The maximum absolute atomic E-state index is 12.4. The van der Waals surface area contributed by atoms with E-state index in [4.69, 9.17) is 5.73 Å². The summed E-state index contributed by atoms with van der Waals surface area (Å²) in [5.41, 5.74) is 6.51. The summed E-state index contributed by atoms with van der Waals surface area (Å²) < 4.78 is 4.21. The van der Waals surface area contributed by atoms with Gasteiger partial charge in [0.25, 0.3) is 5.91 Å². The number of carbonyl (C=O) groups excluding carboxylic acids is 1. The van der Waals surface area contributed by atoms with Crippen molar-refractivity contribution in [1.29, 1.82) is 0 Å². The highest BCUT2D eigenvalue weighted by atomic mass is 32.1. The van der Waals surface area contributed by atoms with E-state index in [0.717, 1.165) is 30.9 Å². The van der Waals surface area contributed by atoms with E-state index in [9.17, 15) is 4.79 Å². The summed E-state index contributed by atoms with van der Waals surface area (Å²) in [5.74, 6) is 1.59. The first-order valence-corrected chi connectivity index (χ1v) is 8.13. The zero-order valence-electron chi connectivity index (χ0n) is 12.1. The molecule has 110 valence electrons. The maximum atomic E-state index is 12.4. The molecule has 2 aliphatic rings. The van der Waals surface area contributed by atoms with E-state index in [1.54, 1.807) is 0 Å². The average Bonchev–Trinajstić information content (AvgIpc) is 3.08. The van der Waals surface area contributed by atoms with Gasteiger partial charge in [-0.3, -0.25) is 4.79 Å². The molecule has 1 aromatic heterocycles. The Balaban J connectivity index is 1.83. The van der Waals surface area contributed by atoms with Gasteiger partial charge >= 0.3 is 0 Å². The van der Waals surface area contributed by atoms with Crippen LogP contribution in [0.3, 0.4) is 0 Å². The molecule has 3 N–H and O–H groups in total. The second-order valence-corrected chi connectivity index (χ2v) is 7.10. The molecule has 20 heavy (non-hydrogen) atoms. The highest BCUT2D eigenvalue weighted by molar-refractivity contribution is 7.11. The third-order valence-corrected chi connectivity index (χ3v) is 4.92. The quantitative estimate of drug-likeness (QED) is 0.895. The van der Waals surface area contributed by atoms with Gasteiger partial charge in [-0.05, 0) is 42.6 Å². The number of aromatic nitrogens is 1. The van der Waals surface area contributed by atoms with E-state index >= 15 is 0 Å². The molecule has 1 aliphatic heterocycles. The van der Waals surface area contributed by atoms with Gasteiger partial charge in [0.15, 0.2) is 5.82 Å². The third kappa shape index (κ3) is 2.75. The first-order valence-electron chi connectivity index (χ1n) is 7.35. The number of nitrogens with zero attached hydrogens (tertiary/aromatic N) is 2. The molecule has 0 spiro atoms. The van der Waals surface area contributed by atoms with Crippen LogP contribution in [-0.2, 0) is 0 Å². The molecule has 2 unspecified atom stereocenters. The van der Waals surface area contributed by atoms with Gasteiger partial charge in [-0.1, -0.05) is 13.8 Å². The molecule has 5 nitrogen and oxygen atoms in total. The van der Waals surface area contributed by atoms with E-state index in [-0.39, 0.29) is 5.91 Å². The van der Waals surface area contributed by atoms with Gasteiger partial charge < -0.3 is 16.0 Å². The van der Waals surface area contributed by atoms with Gasteiger partial charge in [0.2, 0.25) is 0 Å². The number of amides is 1. The average molecular weight is 294 g/mol. The fourth-order valence-corrected chi connectivity index (χ4v) is 3.87. The number of anilines is 2. The molecule has 3 rings (SSSR count). The molecule has 1 saturated carbocycles. The SMILES string of the molecule is CC1CC(C)CN(c2snc(N)c2C(=O)NC2CC2)C1. The number of nitrogen functional groups attached to an aromatic ring is 1. The summed E-state index contributed by atoms with van der Waals surface area (Å²) in [5, 5.41) is 3.96. The lowest BCUT2D eigenvalue weighted by Crippen LogP contribution is -2.39. The van der Waals surface area contributed by atoms with Crippen LogP contribution in [0.2, 0.25) is 0 Å². The van der Waals surface area contributed by atoms with Crippen LogP contribution in [0.4, 0.5) is 10.8 Å². The molecular formula is C14H22N4OS. The maximum Gasteiger partial charge on any atom is 0.258 e. The molecule has 1 aliphatic carbocycles. The van der Waals surface area contributed by atoms with Crippen LogP contribution in [0.25, 0.3) is 0 Å². The molecule has 6 heteroatoms. The topological polar surface area (TPSA) is 71.2 Å². The van der Waals surface area contributed by atoms with E-state index in [1.165, 1.54) is 18.0 Å². The summed E-state index contributed by atoms with van der Waals surface area (Å²) in [6, 6.07) is 0.342. The number of nitrogens with one attached hydrogen (secondary N) is 1. The van der Waals surface area contributed by atoms with Crippen LogP contribution in [0.15, 0.2) is 0 Å². The van der Waals surface area contributed by atoms with Crippen LogP contribution in [0.5, 0.6) is 0 Å². The Morgan fingerprint density at radius 3 is 2.60 bits per heavy atom. The first kappa shape index (κ1) is 13.7. The van der Waals surface area contributed by atoms with E-state index < -0.39 is 0 Å².